The van der Waals surface area contributed by atoms with E-state index in [1.807, 2.05) is 48.7 Å². The van der Waals surface area contributed by atoms with Crippen molar-refractivity contribution in [3.63, 3.8) is 0 Å². The van der Waals surface area contributed by atoms with Gasteiger partial charge in [0.15, 0.2) is 5.78 Å². The molecule has 0 atom stereocenters. The fourth-order valence-corrected chi connectivity index (χ4v) is 3.91. The van der Waals surface area contributed by atoms with Gasteiger partial charge >= 0.3 is 0 Å². The lowest BCUT2D eigenvalue weighted by Gasteiger charge is -2.07. The first-order valence-electron chi connectivity index (χ1n) is 9.14. The summed E-state index contributed by atoms with van der Waals surface area (Å²) in [6.07, 6.45) is 4.43. The Balaban J connectivity index is 1.65. The number of carbonyl (C=O) groups is 2. The summed E-state index contributed by atoms with van der Waals surface area (Å²) in [4.78, 5) is 31.9. The maximum Gasteiger partial charge on any atom is 0.247 e. The van der Waals surface area contributed by atoms with Gasteiger partial charge in [0.25, 0.3) is 0 Å². The van der Waals surface area contributed by atoms with Crippen LogP contribution < -0.4 is 5.32 Å². The monoisotopic (exact) mass is 367 g/mol. The number of H-pyrrole nitrogens is 1. The molecular weight excluding hydrogens is 350 g/mol. The Morgan fingerprint density at radius 1 is 1.14 bits per heavy atom. The predicted molar refractivity (Wildman–Crippen MR) is 111 cm³/mol. The standard InChI is InChI=1S/C23H17N3O2/c1-2-21(28)25-15-5-3-4-13(10-15)19-11-17-14(12-24-19)6-7-16-22-18(26-23(16)17)8-9-20(22)27/h2-7,10-12,26H,1,8-9H2,(H,25,28). The number of hydrogen-bond donors (Lipinski definition) is 2. The van der Waals surface area contributed by atoms with Crippen LogP contribution >= 0.6 is 0 Å². The van der Waals surface area contributed by atoms with E-state index in [1.54, 1.807) is 0 Å². The van der Waals surface area contributed by atoms with Gasteiger partial charge in [-0.3, -0.25) is 14.6 Å². The minimum absolute atomic E-state index is 0.209. The van der Waals surface area contributed by atoms with Crippen LogP contribution in [0.25, 0.3) is 32.9 Å². The summed E-state index contributed by atoms with van der Waals surface area (Å²) in [6, 6.07) is 13.6. The van der Waals surface area contributed by atoms with Crippen LogP contribution in [-0.4, -0.2) is 21.7 Å². The van der Waals surface area contributed by atoms with Crippen LogP contribution in [0.2, 0.25) is 0 Å². The van der Waals surface area contributed by atoms with Gasteiger partial charge in [-0.1, -0.05) is 30.8 Å². The van der Waals surface area contributed by atoms with Crippen LogP contribution in [-0.2, 0) is 11.2 Å². The van der Waals surface area contributed by atoms with Crippen molar-refractivity contribution < 1.29 is 9.59 Å². The number of aromatic amines is 1. The van der Waals surface area contributed by atoms with Crippen molar-refractivity contribution in [2.24, 2.45) is 0 Å². The Kier molecular flexibility index (Phi) is 3.62. The van der Waals surface area contributed by atoms with Gasteiger partial charge in [-0.2, -0.15) is 0 Å². The van der Waals surface area contributed by atoms with E-state index in [0.717, 1.165) is 50.6 Å². The lowest BCUT2D eigenvalue weighted by Crippen LogP contribution is -2.07. The Labute approximate surface area is 161 Å². The van der Waals surface area contributed by atoms with E-state index < -0.39 is 0 Å². The number of anilines is 1. The molecule has 0 bridgehead atoms. The number of amides is 1. The number of aromatic nitrogens is 2. The number of carbonyl (C=O) groups excluding carboxylic acids is 2. The van der Waals surface area contributed by atoms with Crippen molar-refractivity contribution in [1.82, 2.24) is 9.97 Å². The highest BCUT2D eigenvalue weighted by Crippen LogP contribution is 2.35. The zero-order chi connectivity index (χ0) is 19.3. The molecule has 5 rings (SSSR count). The van der Waals surface area contributed by atoms with Gasteiger partial charge in [0.2, 0.25) is 5.91 Å². The Morgan fingerprint density at radius 3 is 2.89 bits per heavy atom. The average Bonchev–Trinajstić information content (AvgIpc) is 3.27. The van der Waals surface area contributed by atoms with Crippen LogP contribution in [0.1, 0.15) is 22.5 Å². The minimum atomic E-state index is -0.254. The van der Waals surface area contributed by atoms with Crippen LogP contribution in [0, 0.1) is 0 Å². The number of benzene rings is 2. The predicted octanol–water partition coefficient (Wildman–Crippen LogP) is 4.64. The van der Waals surface area contributed by atoms with E-state index in [0.29, 0.717) is 12.1 Å². The molecule has 136 valence electrons. The number of nitrogens with one attached hydrogen (secondary N) is 2. The zero-order valence-corrected chi connectivity index (χ0v) is 15.1. The maximum absolute atomic E-state index is 12.2. The number of fused-ring (bicyclic) bond motifs is 5. The van der Waals surface area contributed by atoms with Crippen molar-refractivity contribution in [1.29, 1.82) is 0 Å². The fourth-order valence-electron chi connectivity index (χ4n) is 3.91. The number of hydrogen-bond acceptors (Lipinski definition) is 3. The molecule has 28 heavy (non-hydrogen) atoms. The smallest absolute Gasteiger partial charge is 0.247 e. The molecule has 0 aliphatic heterocycles. The number of Topliss-reactive ketones (excluding diaryl/α,β-unsaturated/α-hetero) is 1. The lowest BCUT2D eigenvalue weighted by atomic mass is 10.0. The third-order valence-electron chi connectivity index (χ3n) is 5.24. The summed E-state index contributed by atoms with van der Waals surface area (Å²) >= 11 is 0. The lowest BCUT2D eigenvalue weighted by molar-refractivity contribution is -0.111. The molecule has 2 aromatic carbocycles. The summed E-state index contributed by atoms with van der Waals surface area (Å²) in [5, 5.41) is 5.80. The third kappa shape index (κ3) is 2.52. The summed E-state index contributed by atoms with van der Waals surface area (Å²) in [6.45, 7) is 3.47. The van der Waals surface area contributed by atoms with Gasteiger partial charge in [0.1, 0.15) is 0 Å². The molecule has 0 saturated carbocycles. The van der Waals surface area contributed by atoms with E-state index in [4.69, 9.17) is 0 Å². The van der Waals surface area contributed by atoms with Crippen LogP contribution in [0.15, 0.2) is 61.3 Å². The molecule has 1 aliphatic rings. The molecule has 0 saturated heterocycles. The second-order valence-electron chi connectivity index (χ2n) is 6.95. The quantitative estimate of drug-likeness (QED) is 0.518. The van der Waals surface area contributed by atoms with Crippen molar-refractivity contribution in [2.75, 3.05) is 5.32 Å². The first-order valence-corrected chi connectivity index (χ1v) is 9.14. The van der Waals surface area contributed by atoms with Crippen molar-refractivity contribution in [2.45, 2.75) is 12.8 Å². The normalized spacial score (nSPS) is 13.1. The van der Waals surface area contributed by atoms with Gasteiger partial charge in [-0.25, -0.2) is 0 Å². The minimum Gasteiger partial charge on any atom is -0.357 e. The SMILES string of the molecule is C=CC(=O)Nc1cccc(-c2cc3c(ccc4c5c([nH]c43)CCC5=O)cn2)c1. The Morgan fingerprint density at radius 2 is 2.04 bits per heavy atom. The highest BCUT2D eigenvalue weighted by atomic mass is 16.1. The molecule has 2 N–H and O–H groups in total. The topological polar surface area (TPSA) is 74.8 Å². The molecule has 0 radical (unpaired) electrons. The number of ketones is 1. The molecule has 5 heteroatoms. The molecule has 4 aromatic rings. The molecule has 1 aliphatic carbocycles. The average molecular weight is 367 g/mol. The largest absolute Gasteiger partial charge is 0.357 e. The first kappa shape index (κ1) is 16.4. The van der Waals surface area contributed by atoms with Crippen molar-refractivity contribution in [3.8, 4) is 11.3 Å². The zero-order valence-electron chi connectivity index (χ0n) is 15.1. The van der Waals surface area contributed by atoms with Gasteiger partial charge < -0.3 is 10.3 Å². The Bertz CT molecular complexity index is 1300. The molecule has 0 spiro atoms. The van der Waals surface area contributed by atoms with Gasteiger partial charge in [-0.05, 0) is 30.7 Å². The number of pyridine rings is 1. The molecule has 1 amide bonds. The number of rotatable bonds is 3. The molecule has 2 aromatic heterocycles. The summed E-state index contributed by atoms with van der Waals surface area (Å²) < 4.78 is 0. The fraction of sp³-hybridized carbons (Fsp3) is 0.0870. The summed E-state index contributed by atoms with van der Waals surface area (Å²) in [5.41, 5.74) is 5.23. The van der Waals surface area contributed by atoms with Crippen LogP contribution in [0.5, 0.6) is 0 Å². The third-order valence-corrected chi connectivity index (χ3v) is 5.24. The van der Waals surface area contributed by atoms with E-state index in [9.17, 15) is 9.59 Å². The number of nitrogens with zero attached hydrogens (tertiary/aromatic N) is 1. The molecule has 0 unspecified atom stereocenters. The van der Waals surface area contributed by atoms with Gasteiger partial charge in [0.05, 0.1) is 11.2 Å². The van der Waals surface area contributed by atoms with E-state index in [1.165, 1.54) is 6.08 Å². The molecular formula is C23H17N3O2. The van der Waals surface area contributed by atoms with Gasteiger partial charge in [0, 0.05) is 51.3 Å². The van der Waals surface area contributed by atoms with Gasteiger partial charge in [-0.15, -0.1) is 0 Å². The highest BCUT2D eigenvalue weighted by molar-refractivity contribution is 6.17. The second kappa shape index (κ2) is 6.16. The van der Waals surface area contributed by atoms with Crippen molar-refractivity contribution >= 4 is 39.1 Å². The number of aryl methyl sites for hydroxylation is 1. The maximum atomic E-state index is 12.2. The van der Waals surface area contributed by atoms with Crippen molar-refractivity contribution in [3.05, 3.63) is 72.6 Å². The van der Waals surface area contributed by atoms with E-state index in [-0.39, 0.29) is 11.7 Å². The Hall–Kier alpha value is -3.73. The molecule has 5 nitrogen and oxygen atoms in total. The van der Waals surface area contributed by atoms with Crippen LogP contribution in [0.4, 0.5) is 5.69 Å². The van der Waals surface area contributed by atoms with E-state index >= 15 is 0 Å². The summed E-state index contributed by atoms with van der Waals surface area (Å²) in [7, 11) is 0. The first-order chi connectivity index (χ1) is 13.6. The van der Waals surface area contributed by atoms with E-state index in [2.05, 4.69) is 21.9 Å². The highest BCUT2D eigenvalue weighted by Gasteiger charge is 2.25. The second-order valence-corrected chi connectivity index (χ2v) is 6.95. The van der Waals surface area contributed by atoms with Crippen LogP contribution in [0.3, 0.4) is 0 Å². The molecule has 2 heterocycles. The molecule has 0 fully saturated rings. The summed E-state index contributed by atoms with van der Waals surface area (Å²) in [5.74, 6) is -0.0450.